The highest BCUT2D eigenvalue weighted by Gasteiger charge is 2.40. The number of esters is 1. The summed E-state index contributed by atoms with van der Waals surface area (Å²) in [6.07, 6.45) is 5.87. The normalized spacial score (nSPS) is 15.0. The Bertz CT molecular complexity index is 901. The largest absolute Gasteiger partial charge is 0.481 e. The van der Waals surface area contributed by atoms with Gasteiger partial charge in [0.1, 0.15) is 12.7 Å². The average molecular weight is 580 g/mol. The predicted octanol–water partition coefficient (Wildman–Crippen LogP) is 7.32. The van der Waals surface area contributed by atoms with Crippen LogP contribution in [0.5, 0.6) is 0 Å². The molecule has 0 spiro atoms. The van der Waals surface area contributed by atoms with Crippen LogP contribution in [0.4, 0.5) is 4.79 Å². The third-order valence-corrected chi connectivity index (χ3v) is 12.4. The van der Waals surface area contributed by atoms with Crippen molar-refractivity contribution in [1.29, 1.82) is 0 Å². The molecular formula is C31H53NO7Si. The number of carbonyl (C=O) groups excluding carboxylic acids is 2. The highest BCUT2D eigenvalue weighted by atomic mass is 28.4. The zero-order valence-corrected chi connectivity index (χ0v) is 27.0. The van der Waals surface area contributed by atoms with Crippen LogP contribution in [0.25, 0.3) is 0 Å². The Morgan fingerprint density at radius 1 is 0.975 bits per heavy atom. The van der Waals surface area contributed by atoms with Gasteiger partial charge in [-0.25, -0.2) is 9.59 Å². The zero-order chi connectivity index (χ0) is 30.3. The van der Waals surface area contributed by atoms with Crippen LogP contribution in [0.1, 0.15) is 92.1 Å². The van der Waals surface area contributed by atoms with E-state index < -0.39 is 44.4 Å². The van der Waals surface area contributed by atoms with Crippen LogP contribution >= 0.6 is 0 Å². The summed E-state index contributed by atoms with van der Waals surface area (Å²) in [5, 5.41) is 12.2. The van der Waals surface area contributed by atoms with E-state index in [9.17, 15) is 19.5 Å². The van der Waals surface area contributed by atoms with E-state index in [2.05, 4.69) is 46.1 Å². The smallest absolute Gasteiger partial charge is 0.408 e. The Labute approximate surface area is 242 Å². The summed E-state index contributed by atoms with van der Waals surface area (Å²) in [6.45, 7) is 16.0. The van der Waals surface area contributed by atoms with Gasteiger partial charge in [-0.2, -0.15) is 0 Å². The van der Waals surface area contributed by atoms with Gasteiger partial charge in [-0.05, 0) is 43.0 Å². The lowest BCUT2D eigenvalue weighted by Gasteiger charge is -2.37. The van der Waals surface area contributed by atoms with E-state index in [0.717, 1.165) is 31.2 Å². The van der Waals surface area contributed by atoms with Gasteiger partial charge in [-0.3, -0.25) is 4.79 Å². The summed E-state index contributed by atoms with van der Waals surface area (Å²) >= 11 is 0. The van der Waals surface area contributed by atoms with Crippen LogP contribution in [-0.2, 0) is 30.1 Å². The minimum absolute atomic E-state index is 0.0471. The lowest BCUT2D eigenvalue weighted by Crippen LogP contribution is -2.51. The number of carbonyl (C=O) groups is 3. The van der Waals surface area contributed by atoms with E-state index in [1.807, 2.05) is 37.3 Å². The average Bonchev–Trinajstić information content (AvgIpc) is 2.89. The summed E-state index contributed by atoms with van der Waals surface area (Å²) in [4.78, 5) is 38.1. The van der Waals surface area contributed by atoms with E-state index in [1.165, 1.54) is 19.3 Å². The van der Waals surface area contributed by atoms with Crippen LogP contribution in [0.3, 0.4) is 0 Å². The number of alkyl carbamates (subject to hydrolysis) is 1. The second-order valence-corrected chi connectivity index (χ2v) is 17.2. The van der Waals surface area contributed by atoms with E-state index in [0.29, 0.717) is 0 Å². The molecular weight excluding hydrogens is 526 g/mol. The van der Waals surface area contributed by atoms with Gasteiger partial charge in [0.15, 0.2) is 14.4 Å². The molecule has 1 rings (SSSR count). The number of nitrogens with one attached hydrogen (secondary N) is 1. The third kappa shape index (κ3) is 12.9. The van der Waals surface area contributed by atoms with Gasteiger partial charge in [-0.1, -0.05) is 103 Å². The van der Waals surface area contributed by atoms with Gasteiger partial charge in [-0.15, -0.1) is 0 Å². The SMILES string of the molecule is CCCCCCCC[C@@H](C)[C@H](OC(=O)[C@H](CO[Si](C)(C)C(C)(C)C)NC(=O)OCc1ccccc1)[C@H](C)C(=O)O. The van der Waals surface area contributed by atoms with Gasteiger partial charge < -0.3 is 24.3 Å². The number of benzene rings is 1. The number of unbranched alkanes of at least 4 members (excludes halogenated alkanes) is 5. The van der Waals surface area contributed by atoms with Crippen molar-refractivity contribution in [3.8, 4) is 0 Å². The first-order valence-corrected chi connectivity index (χ1v) is 17.6. The fraction of sp³-hybridized carbons (Fsp3) is 0.710. The predicted molar refractivity (Wildman–Crippen MR) is 161 cm³/mol. The third-order valence-electron chi connectivity index (χ3n) is 7.91. The van der Waals surface area contributed by atoms with Crippen molar-refractivity contribution in [2.45, 2.75) is 123 Å². The molecule has 0 aliphatic carbocycles. The fourth-order valence-corrected chi connectivity index (χ4v) is 5.08. The molecule has 0 bridgehead atoms. The molecule has 0 saturated carbocycles. The summed E-state index contributed by atoms with van der Waals surface area (Å²) < 4.78 is 17.5. The Hall–Kier alpha value is -2.39. The summed E-state index contributed by atoms with van der Waals surface area (Å²) in [7, 11) is -2.26. The second kappa shape index (κ2) is 17.4. The molecule has 0 unspecified atom stereocenters. The van der Waals surface area contributed by atoms with Crippen LogP contribution in [0, 0.1) is 11.8 Å². The lowest BCUT2D eigenvalue weighted by molar-refractivity contribution is -0.164. The van der Waals surface area contributed by atoms with Crippen LogP contribution in [0.15, 0.2) is 30.3 Å². The molecule has 4 atom stereocenters. The molecule has 40 heavy (non-hydrogen) atoms. The number of hydrogen-bond donors (Lipinski definition) is 2. The summed E-state index contributed by atoms with van der Waals surface area (Å²) in [5.41, 5.74) is 0.813. The molecule has 0 aliphatic heterocycles. The van der Waals surface area contributed by atoms with Gasteiger partial charge in [0.2, 0.25) is 0 Å². The van der Waals surface area contributed by atoms with Crippen molar-refractivity contribution in [2.75, 3.05) is 6.61 Å². The van der Waals surface area contributed by atoms with Gasteiger partial charge in [0.05, 0.1) is 12.5 Å². The number of ether oxygens (including phenoxy) is 2. The highest BCUT2D eigenvalue weighted by molar-refractivity contribution is 6.74. The summed E-state index contributed by atoms with van der Waals surface area (Å²) in [5.74, 6) is -2.81. The van der Waals surface area contributed by atoms with Crippen molar-refractivity contribution in [3.63, 3.8) is 0 Å². The molecule has 8 nitrogen and oxygen atoms in total. The van der Waals surface area contributed by atoms with Crippen molar-refractivity contribution >= 4 is 26.3 Å². The van der Waals surface area contributed by atoms with Crippen LogP contribution < -0.4 is 5.32 Å². The molecule has 0 radical (unpaired) electrons. The molecule has 0 aliphatic rings. The monoisotopic (exact) mass is 579 g/mol. The second-order valence-electron chi connectivity index (χ2n) is 12.4. The first-order valence-electron chi connectivity index (χ1n) is 14.7. The van der Waals surface area contributed by atoms with Crippen molar-refractivity contribution in [3.05, 3.63) is 35.9 Å². The molecule has 0 fully saturated rings. The minimum Gasteiger partial charge on any atom is -0.481 e. The number of carboxylic acids is 1. The molecule has 228 valence electrons. The standard InChI is InChI=1S/C31H53NO7Si/c1-9-10-11-12-13-15-18-23(2)27(24(3)28(33)34)39-29(35)26(22-38-40(7,8)31(4,5)6)32-30(36)37-21-25-19-16-14-17-20-25/h14,16-17,19-20,23-24,26-27H,9-13,15,18,21-22H2,1-8H3,(H,32,36)(H,33,34)/t23-,24+,26+,27+/m1/s1. The van der Waals surface area contributed by atoms with Crippen molar-refractivity contribution < 1.29 is 33.4 Å². The highest BCUT2D eigenvalue weighted by Crippen LogP contribution is 2.36. The van der Waals surface area contributed by atoms with Gasteiger partial charge in [0.25, 0.3) is 0 Å². The molecule has 1 aromatic carbocycles. The molecule has 2 N–H and O–H groups in total. The maximum Gasteiger partial charge on any atom is 0.408 e. The molecule has 1 amide bonds. The number of amides is 1. The molecule has 9 heteroatoms. The number of rotatable bonds is 18. The Morgan fingerprint density at radius 3 is 2.15 bits per heavy atom. The van der Waals surface area contributed by atoms with E-state index in [1.54, 1.807) is 6.92 Å². The van der Waals surface area contributed by atoms with Gasteiger partial charge in [0, 0.05) is 0 Å². The quantitative estimate of drug-likeness (QED) is 0.106. The topological polar surface area (TPSA) is 111 Å². The molecule has 0 aromatic heterocycles. The zero-order valence-electron chi connectivity index (χ0n) is 26.0. The Morgan fingerprint density at radius 2 is 1.57 bits per heavy atom. The number of aliphatic carboxylic acids is 1. The lowest BCUT2D eigenvalue weighted by atomic mass is 9.89. The first-order chi connectivity index (χ1) is 18.7. The van der Waals surface area contributed by atoms with Crippen LogP contribution in [0.2, 0.25) is 18.1 Å². The van der Waals surface area contributed by atoms with Gasteiger partial charge >= 0.3 is 18.0 Å². The minimum atomic E-state index is -2.26. The van der Waals surface area contributed by atoms with E-state index in [4.69, 9.17) is 13.9 Å². The van der Waals surface area contributed by atoms with Crippen molar-refractivity contribution in [2.24, 2.45) is 11.8 Å². The first kappa shape index (κ1) is 35.6. The Balaban J connectivity index is 2.98. The Kier molecular flexibility index (Phi) is 15.5. The molecule has 0 heterocycles. The number of hydrogen-bond acceptors (Lipinski definition) is 6. The van der Waals surface area contributed by atoms with E-state index in [-0.39, 0.29) is 24.2 Å². The van der Waals surface area contributed by atoms with Crippen molar-refractivity contribution in [1.82, 2.24) is 5.32 Å². The van der Waals surface area contributed by atoms with E-state index >= 15 is 0 Å². The maximum absolute atomic E-state index is 13.5. The fourth-order valence-electron chi connectivity index (χ4n) is 4.06. The molecule has 0 saturated heterocycles. The number of carboxylic acid groups (broad SMARTS) is 1. The molecule has 1 aromatic rings. The maximum atomic E-state index is 13.5. The van der Waals surface area contributed by atoms with Crippen LogP contribution in [-0.4, -0.2) is 50.2 Å². The summed E-state index contributed by atoms with van der Waals surface area (Å²) in [6, 6.07) is 8.10.